The Bertz CT molecular complexity index is 709. The molecule has 1 saturated heterocycles. The maximum atomic E-state index is 11.4. The quantitative estimate of drug-likeness (QED) is 0.871. The van der Waals surface area contributed by atoms with Gasteiger partial charge in [0.15, 0.2) is 5.75 Å². The highest BCUT2D eigenvalue weighted by Gasteiger charge is 2.28. The number of likely N-dealkylation sites (tertiary alicyclic amines) is 1. The van der Waals surface area contributed by atoms with Crippen molar-refractivity contribution in [3.8, 4) is 5.75 Å². The number of rotatable bonds is 2. The number of carbonyl (C=O) groups excluding carboxylic acids is 2. The van der Waals surface area contributed by atoms with Gasteiger partial charge < -0.3 is 20.4 Å². The van der Waals surface area contributed by atoms with Crippen LogP contribution in [0.1, 0.15) is 25.1 Å². The van der Waals surface area contributed by atoms with Crippen LogP contribution in [0.15, 0.2) is 18.2 Å². The van der Waals surface area contributed by atoms with Crippen LogP contribution in [0.25, 0.3) is 11.0 Å². The van der Waals surface area contributed by atoms with E-state index in [0.29, 0.717) is 17.8 Å². The summed E-state index contributed by atoms with van der Waals surface area (Å²) in [6, 6.07) is 5.27. The molecule has 0 radical (unpaired) electrons. The lowest BCUT2D eigenvalue weighted by Crippen LogP contribution is -2.25. The van der Waals surface area contributed by atoms with Gasteiger partial charge in [-0.2, -0.15) is 0 Å². The van der Waals surface area contributed by atoms with Gasteiger partial charge in [0.1, 0.15) is 11.3 Å². The van der Waals surface area contributed by atoms with Crippen molar-refractivity contribution >= 4 is 23.0 Å². The van der Waals surface area contributed by atoms with Crippen molar-refractivity contribution in [1.29, 1.82) is 0 Å². The maximum absolute atomic E-state index is 11.4. The highest BCUT2D eigenvalue weighted by atomic mass is 16.5. The SMILES string of the molecule is CC(=O)N1CCC(c2nc3c(OC(N)=O)cccc3[nH]2)C1. The lowest BCUT2D eigenvalue weighted by atomic mass is 10.1. The Morgan fingerprint density at radius 1 is 1.48 bits per heavy atom. The number of nitrogens with one attached hydrogen (secondary N) is 1. The Labute approximate surface area is 121 Å². The molecule has 1 fully saturated rings. The summed E-state index contributed by atoms with van der Waals surface area (Å²) in [7, 11) is 0. The molecule has 0 spiro atoms. The van der Waals surface area contributed by atoms with Gasteiger partial charge in [-0.1, -0.05) is 6.07 Å². The van der Waals surface area contributed by atoms with Gasteiger partial charge >= 0.3 is 6.09 Å². The second kappa shape index (κ2) is 5.08. The Morgan fingerprint density at radius 3 is 2.95 bits per heavy atom. The summed E-state index contributed by atoms with van der Waals surface area (Å²) in [5.74, 6) is 1.38. The Balaban J connectivity index is 1.91. The molecule has 3 N–H and O–H groups in total. The molecule has 7 nitrogen and oxygen atoms in total. The van der Waals surface area contributed by atoms with E-state index in [1.54, 1.807) is 24.0 Å². The molecule has 1 aromatic heterocycles. The number of aromatic amines is 1. The van der Waals surface area contributed by atoms with E-state index >= 15 is 0 Å². The number of hydrogen-bond acceptors (Lipinski definition) is 4. The molecule has 0 aliphatic carbocycles. The van der Waals surface area contributed by atoms with Crippen molar-refractivity contribution in [2.24, 2.45) is 5.73 Å². The first-order valence-electron chi connectivity index (χ1n) is 6.76. The number of para-hydroxylation sites is 1. The summed E-state index contributed by atoms with van der Waals surface area (Å²) in [4.78, 5) is 31.9. The summed E-state index contributed by atoms with van der Waals surface area (Å²) in [5, 5.41) is 0. The lowest BCUT2D eigenvalue weighted by molar-refractivity contribution is -0.127. The minimum Gasteiger partial charge on any atom is -0.408 e. The number of primary amides is 1. The number of ether oxygens (including phenoxy) is 1. The second-order valence-electron chi connectivity index (χ2n) is 5.15. The van der Waals surface area contributed by atoms with Gasteiger partial charge in [-0.15, -0.1) is 0 Å². The van der Waals surface area contributed by atoms with Crippen LogP contribution in [-0.2, 0) is 4.79 Å². The fraction of sp³-hybridized carbons (Fsp3) is 0.357. The van der Waals surface area contributed by atoms with Crippen molar-refractivity contribution in [2.75, 3.05) is 13.1 Å². The molecule has 110 valence electrons. The molecule has 0 bridgehead atoms. The fourth-order valence-electron chi connectivity index (χ4n) is 2.68. The summed E-state index contributed by atoms with van der Waals surface area (Å²) in [5.41, 5.74) is 6.41. The average Bonchev–Trinajstić information content (AvgIpc) is 3.05. The van der Waals surface area contributed by atoms with E-state index in [-0.39, 0.29) is 11.8 Å². The van der Waals surface area contributed by atoms with Gasteiger partial charge in [0.2, 0.25) is 5.91 Å². The number of nitrogens with zero attached hydrogens (tertiary/aromatic N) is 2. The van der Waals surface area contributed by atoms with Gasteiger partial charge in [-0.3, -0.25) is 4.79 Å². The number of aromatic nitrogens is 2. The molecular formula is C14H16N4O3. The molecule has 1 aliphatic heterocycles. The Kier molecular flexibility index (Phi) is 3.25. The zero-order valence-corrected chi connectivity index (χ0v) is 11.6. The Hall–Kier alpha value is -2.57. The molecule has 21 heavy (non-hydrogen) atoms. The molecule has 3 rings (SSSR count). The minimum absolute atomic E-state index is 0.0753. The number of carbonyl (C=O) groups is 2. The number of hydrogen-bond donors (Lipinski definition) is 2. The van der Waals surface area contributed by atoms with E-state index in [1.807, 2.05) is 6.07 Å². The smallest absolute Gasteiger partial charge is 0.408 e. The normalized spacial score (nSPS) is 18.1. The van der Waals surface area contributed by atoms with Crippen LogP contribution in [0.2, 0.25) is 0 Å². The van der Waals surface area contributed by atoms with Crippen molar-refractivity contribution in [3.05, 3.63) is 24.0 Å². The van der Waals surface area contributed by atoms with E-state index < -0.39 is 6.09 Å². The molecular weight excluding hydrogens is 272 g/mol. The topological polar surface area (TPSA) is 101 Å². The molecule has 1 aromatic carbocycles. The third kappa shape index (κ3) is 2.54. The number of amides is 2. The highest BCUT2D eigenvalue weighted by Crippen LogP contribution is 2.30. The van der Waals surface area contributed by atoms with Crippen LogP contribution < -0.4 is 10.5 Å². The van der Waals surface area contributed by atoms with Gasteiger partial charge in [-0.05, 0) is 18.6 Å². The predicted molar refractivity (Wildman–Crippen MR) is 75.9 cm³/mol. The summed E-state index contributed by atoms with van der Waals surface area (Å²) >= 11 is 0. The third-order valence-corrected chi connectivity index (χ3v) is 3.72. The summed E-state index contributed by atoms with van der Waals surface area (Å²) in [6.07, 6.45) is 0.00136. The zero-order valence-electron chi connectivity index (χ0n) is 11.6. The molecule has 2 aromatic rings. The molecule has 1 unspecified atom stereocenters. The number of fused-ring (bicyclic) bond motifs is 1. The van der Waals surface area contributed by atoms with Gasteiger partial charge in [0.25, 0.3) is 0 Å². The predicted octanol–water partition coefficient (Wildman–Crippen LogP) is 1.36. The van der Waals surface area contributed by atoms with Crippen molar-refractivity contribution in [2.45, 2.75) is 19.3 Å². The van der Waals surface area contributed by atoms with Gasteiger partial charge in [0.05, 0.1) is 5.52 Å². The number of nitrogens with two attached hydrogens (primary N) is 1. The van der Waals surface area contributed by atoms with E-state index in [2.05, 4.69) is 9.97 Å². The largest absolute Gasteiger partial charge is 0.410 e. The number of benzene rings is 1. The Morgan fingerprint density at radius 2 is 2.29 bits per heavy atom. The second-order valence-corrected chi connectivity index (χ2v) is 5.15. The van der Waals surface area contributed by atoms with Crippen LogP contribution in [0, 0.1) is 0 Å². The summed E-state index contributed by atoms with van der Waals surface area (Å²) < 4.78 is 4.95. The van der Waals surface area contributed by atoms with E-state index in [1.165, 1.54) is 0 Å². The van der Waals surface area contributed by atoms with Crippen LogP contribution >= 0.6 is 0 Å². The van der Waals surface area contributed by atoms with Crippen LogP contribution in [-0.4, -0.2) is 40.0 Å². The van der Waals surface area contributed by atoms with Crippen molar-refractivity contribution < 1.29 is 14.3 Å². The molecule has 7 heteroatoms. The third-order valence-electron chi connectivity index (χ3n) is 3.72. The number of imidazole rings is 1. The van der Waals surface area contributed by atoms with Crippen LogP contribution in [0.4, 0.5) is 4.79 Å². The zero-order chi connectivity index (χ0) is 15.0. The first-order valence-corrected chi connectivity index (χ1v) is 6.76. The van der Waals surface area contributed by atoms with E-state index in [0.717, 1.165) is 24.3 Å². The summed E-state index contributed by atoms with van der Waals surface area (Å²) in [6.45, 7) is 2.96. The number of H-pyrrole nitrogens is 1. The van der Waals surface area contributed by atoms with E-state index in [9.17, 15) is 9.59 Å². The standard InChI is InChI=1S/C14H16N4O3/c1-8(19)18-6-5-9(7-18)13-16-10-3-2-4-11(12(10)17-13)21-14(15)20/h2-4,9H,5-7H2,1H3,(H2,15,20)(H,16,17). The van der Waals surface area contributed by atoms with E-state index in [4.69, 9.17) is 10.5 Å². The monoisotopic (exact) mass is 288 g/mol. The molecule has 1 atom stereocenters. The molecule has 2 amide bonds. The van der Waals surface area contributed by atoms with Crippen molar-refractivity contribution in [1.82, 2.24) is 14.9 Å². The molecule has 0 saturated carbocycles. The first kappa shape index (κ1) is 13.4. The van der Waals surface area contributed by atoms with Crippen molar-refractivity contribution in [3.63, 3.8) is 0 Å². The van der Waals surface area contributed by atoms with Crippen LogP contribution in [0.3, 0.4) is 0 Å². The molecule has 1 aliphatic rings. The first-order chi connectivity index (χ1) is 10.0. The van der Waals surface area contributed by atoms with Crippen LogP contribution in [0.5, 0.6) is 5.75 Å². The molecule has 2 heterocycles. The fourth-order valence-corrected chi connectivity index (χ4v) is 2.68. The van der Waals surface area contributed by atoms with Gasteiger partial charge in [0, 0.05) is 25.9 Å². The van der Waals surface area contributed by atoms with Gasteiger partial charge in [-0.25, -0.2) is 9.78 Å². The maximum Gasteiger partial charge on any atom is 0.410 e. The minimum atomic E-state index is -0.865. The highest BCUT2D eigenvalue weighted by molar-refractivity contribution is 5.84. The average molecular weight is 288 g/mol. The lowest BCUT2D eigenvalue weighted by Gasteiger charge is -2.12.